The third kappa shape index (κ3) is 4.76. The number of nitrogens with one attached hydrogen (secondary N) is 1. The third-order valence-corrected chi connectivity index (χ3v) is 2.28. The maximum absolute atomic E-state index is 11.8. The molecule has 6 nitrogen and oxygen atoms in total. The molecule has 1 amide bonds. The van der Waals surface area contributed by atoms with E-state index in [0.29, 0.717) is 30.3 Å². The summed E-state index contributed by atoms with van der Waals surface area (Å²) in [6.07, 6.45) is 0. The van der Waals surface area contributed by atoms with E-state index in [1.165, 1.54) is 7.11 Å². The second kappa shape index (κ2) is 8.34. The van der Waals surface area contributed by atoms with Crippen LogP contribution in [0.2, 0.25) is 0 Å². The molecule has 0 aliphatic rings. The number of hydrogen-bond donors (Lipinski definition) is 1. The van der Waals surface area contributed by atoms with Crippen LogP contribution < -0.4 is 15.0 Å². The first-order chi connectivity index (χ1) is 9.22. The van der Waals surface area contributed by atoms with Crippen LogP contribution >= 0.6 is 0 Å². The highest BCUT2D eigenvalue weighted by molar-refractivity contribution is 5.94. The first kappa shape index (κ1) is 15.3. The first-order valence-electron chi connectivity index (χ1n) is 5.94. The fourth-order valence-electron chi connectivity index (χ4n) is 1.38. The minimum Gasteiger partial charge on any atom is -0.493 e. The highest BCUT2D eigenvalue weighted by Gasteiger charge is 2.10. The SMILES string of the molecule is CCOc1ccc(C(=O)NOCCOC)cc1OC. The fourth-order valence-corrected chi connectivity index (χ4v) is 1.38. The topological polar surface area (TPSA) is 66.0 Å². The molecule has 0 radical (unpaired) electrons. The number of ether oxygens (including phenoxy) is 3. The summed E-state index contributed by atoms with van der Waals surface area (Å²) >= 11 is 0. The van der Waals surface area contributed by atoms with Gasteiger partial charge in [-0.05, 0) is 25.1 Å². The first-order valence-corrected chi connectivity index (χ1v) is 5.94. The second-order valence-corrected chi connectivity index (χ2v) is 3.57. The molecule has 0 aliphatic heterocycles. The Kier molecular flexibility index (Phi) is 6.70. The fraction of sp³-hybridized carbons (Fsp3) is 0.462. The van der Waals surface area contributed by atoms with Crippen LogP contribution in [0.1, 0.15) is 17.3 Å². The number of rotatable bonds is 8. The average Bonchev–Trinajstić information content (AvgIpc) is 2.44. The lowest BCUT2D eigenvalue weighted by atomic mass is 10.2. The molecule has 0 heterocycles. The molecule has 0 saturated heterocycles. The molecular weight excluding hydrogens is 250 g/mol. The van der Waals surface area contributed by atoms with E-state index < -0.39 is 0 Å². The summed E-state index contributed by atoms with van der Waals surface area (Å²) < 4.78 is 15.3. The van der Waals surface area contributed by atoms with Gasteiger partial charge in [0.15, 0.2) is 11.5 Å². The summed E-state index contributed by atoms with van der Waals surface area (Å²) in [6, 6.07) is 4.93. The van der Waals surface area contributed by atoms with Crippen LogP contribution in [0, 0.1) is 0 Å². The van der Waals surface area contributed by atoms with Crippen molar-refractivity contribution in [3.8, 4) is 11.5 Å². The van der Waals surface area contributed by atoms with E-state index in [1.807, 2.05) is 6.92 Å². The van der Waals surface area contributed by atoms with Gasteiger partial charge in [-0.1, -0.05) is 0 Å². The lowest BCUT2D eigenvalue weighted by Gasteiger charge is -2.11. The van der Waals surface area contributed by atoms with E-state index in [9.17, 15) is 4.79 Å². The molecule has 0 saturated carbocycles. The number of hydroxylamine groups is 1. The number of amides is 1. The predicted molar refractivity (Wildman–Crippen MR) is 69.5 cm³/mol. The monoisotopic (exact) mass is 269 g/mol. The molecule has 0 aliphatic carbocycles. The predicted octanol–water partition coefficient (Wildman–Crippen LogP) is 1.40. The Balaban J connectivity index is 2.64. The zero-order chi connectivity index (χ0) is 14.1. The molecule has 1 rings (SSSR count). The molecule has 0 bridgehead atoms. The maximum atomic E-state index is 11.8. The molecule has 6 heteroatoms. The van der Waals surface area contributed by atoms with Crippen molar-refractivity contribution >= 4 is 5.91 Å². The minimum absolute atomic E-state index is 0.288. The van der Waals surface area contributed by atoms with Crippen molar-refractivity contribution in [2.45, 2.75) is 6.92 Å². The van der Waals surface area contributed by atoms with Crippen LogP contribution in [-0.2, 0) is 9.57 Å². The standard InChI is InChI=1S/C13H19NO5/c1-4-18-11-6-5-10(9-12(11)17-3)13(15)14-19-8-7-16-2/h5-6,9H,4,7-8H2,1-3H3,(H,14,15). The summed E-state index contributed by atoms with van der Waals surface area (Å²) in [5, 5.41) is 0. The van der Waals surface area contributed by atoms with Crippen LogP contribution in [0.3, 0.4) is 0 Å². The Morgan fingerprint density at radius 3 is 2.63 bits per heavy atom. The molecule has 0 spiro atoms. The van der Waals surface area contributed by atoms with Crippen molar-refractivity contribution in [2.24, 2.45) is 0 Å². The van der Waals surface area contributed by atoms with Gasteiger partial charge in [-0.2, -0.15) is 0 Å². The molecule has 0 fully saturated rings. The van der Waals surface area contributed by atoms with Gasteiger partial charge in [0.1, 0.15) is 0 Å². The van der Waals surface area contributed by atoms with Crippen molar-refractivity contribution in [1.29, 1.82) is 0 Å². The largest absolute Gasteiger partial charge is 0.493 e. The van der Waals surface area contributed by atoms with Gasteiger partial charge >= 0.3 is 0 Å². The van der Waals surface area contributed by atoms with E-state index in [0.717, 1.165) is 0 Å². The van der Waals surface area contributed by atoms with Crippen molar-refractivity contribution in [1.82, 2.24) is 5.48 Å². The van der Waals surface area contributed by atoms with Crippen LogP contribution in [0.5, 0.6) is 11.5 Å². The zero-order valence-corrected chi connectivity index (χ0v) is 11.4. The van der Waals surface area contributed by atoms with Crippen molar-refractivity contribution < 1.29 is 23.8 Å². The summed E-state index contributed by atoms with van der Waals surface area (Å²) in [6.45, 7) is 3.11. The lowest BCUT2D eigenvalue weighted by Crippen LogP contribution is -2.25. The van der Waals surface area contributed by atoms with Crippen LogP contribution in [0.25, 0.3) is 0 Å². The summed E-state index contributed by atoms with van der Waals surface area (Å²) in [4.78, 5) is 16.7. The lowest BCUT2D eigenvalue weighted by molar-refractivity contribution is 0.00887. The van der Waals surface area contributed by atoms with Gasteiger partial charge in [0.05, 0.1) is 26.9 Å². The van der Waals surface area contributed by atoms with Gasteiger partial charge in [0.25, 0.3) is 5.91 Å². The normalized spacial score (nSPS) is 10.1. The Morgan fingerprint density at radius 1 is 1.21 bits per heavy atom. The van der Waals surface area contributed by atoms with E-state index in [2.05, 4.69) is 5.48 Å². The van der Waals surface area contributed by atoms with Gasteiger partial charge in [0, 0.05) is 12.7 Å². The Labute approximate surface area is 112 Å². The molecule has 0 atom stereocenters. The number of methoxy groups -OCH3 is 2. The Morgan fingerprint density at radius 2 is 2.00 bits per heavy atom. The quantitative estimate of drug-likeness (QED) is 0.571. The highest BCUT2D eigenvalue weighted by Crippen LogP contribution is 2.27. The smallest absolute Gasteiger partial charge is 0.274 e. The van der Waals surface area contributed by atoms with E-state index in [4.69, 9.17) is 19.0 Å². The third-order valence-electron chi connectivity index (χ3n) is 2.28. The number of carbonyl (C=O) groups is 1. The number of carbonyl (C=O) groups excluding carboxylic acids is 1. The van der Waals surface area contributed by atoms with E-state index in [-0.39, 0.29) is 12.5 Å². The van der Waals surface area contributed by atoms with Gasteiger partial charge in [-0.25, -0.2) is 5.48 Å². The molecular formula is C13H19NO5. The Bertz CT molecular complexity index is 408. The van der Waals surface area contributed by atoms with Gasteiger partial charge < -0.3 is 14.2 Å². The summed E-state index contributed by atoms with van der Waals surface area (Å²) in [7, 11) is 3.08. The van der Waals surface area contributed by atoms with Crippen LogP contribution in [0.15, 0.2) is 18.2 Å². The van der Waals surface area contributed by atoms with Gasteiger partial charge in [-0.15, -0.1) is 0 Å². The molecule has 106 valence electrons. The molecule has 1 aromatic rings. The van der Waals surface area contributed by atoms with E-state index >= 15 is 0 Å². The van der Waals surface area contributed by atoms with Crippen molar-refractivity contribution in [3.05, 3.63) is 23.8 Å². The molecule has 0 aromatic heterocycles. The summed E-state index contributed by atoms with van der Waals surface area (Å²) in [5.74, 6) is 0.755. The van der Waals surface area contributed by atoms with Crippen molar-refractivity contribution in [3.63, 3.8) is 0 Å². The van der Waals surface area contributed by atoms with Crippen LogP contribution in [-0.4, -0.2) is 39.9 Å². The van der Waals surface area contributed by atoms with E-state index in [1.54, 1.807) is 25.3 Å². The minimum atomic E-state index is -0.350. The zero-order valence-electron chi connectivity index (χ0n) is 11.4. The van der Waals surface area contributed by atoms with Gasteiger partial charge in [0.2, 0.25) is 0 Å². The maximum Gasteiger partial charge on any atom is 0.274 e. The van der Waals surface area contributed by atoms with Crippen LogP contribution in [0.4, 0.5) is 0 Å². The molecule has 1 aromatic carbocycles. The Hall–Kier alpha value is -1.79. The summed E-state index contributed by atoms with van der Waals surface area (Å²) in [5.41, 5.74) is 2.75. The molecule has 0 unspecified atom stereocenters. The molecule has 19 heavy (non-hydrogen) atoms. The number of benzene rings is 1. The van der Waals surface area contributed by atoms with Crippen molar-refractivity contribution in [2.75, 3.05) is 34.0 Å². The molecule has 1 N–H and O–H groups in total. The number of hydrogen-bond acceptors (Lipinski definition) is 5. The highest BCUT2D eigenvalue weighted by atomic mass is 16.7. The second-order valence-electron chi connectivity index (χ2n) is 3.57. The van der Waals surface area contributed by atoms with Gasteiger partial charge in [-0.3, -0.25) is 9.63 Å². The average molecular weight is 269 g/mol.